The van der Waals surface area contributed by atoms with Gasteiger partial charge in [-0.1, -0.05) is 41.9 Å². The molecule has 1 heterocycles. The van der Waals surface area contributed by atoms with Crippen LogP contribution in [0.15, 0.2) is 47.1 Å². The summed E-state index contributed by atoms with van der Waals surface area (Å²) < 4.78 is 14.1. The van der Waals surface area contributed by atoms with Crippen LogP contribution in [0.3, 0.4) is 0 Å². The van der Waals surface area contributed by atoms with Gasteiger partial charge in [-0.15, -0.1) is 0 Å². The second-order valence-corrected chi connectivity index (χ2v) is 6.02. The molecule has 0 saturated heterocycles. The third kappa shape index (κ3) is 4.39. The van der Waals surface area contributed by atoms with Crippen LogP contribution in [0.5, 0.6) is 0 Å². The summed E-state index contributed by atoms with van der Waals surface area (Å²) in [4.78, 5) is 4.20. The molecule has 0 amide bonds. The first-order valence-corrected chi connectivity index (χ1v) is 7.46. The van der Waals surface area contributed by atoms with Crippen molar-refractivity contribution in [2.45, 2.75) is 32.4 Å². The molecule has 0 aliphatic rings. The molecule has 0 aliphatic heterocycles. The zero-order valence-electron chi connectivity index (χ0n) is 11.6. The molecule has 0 aliphatic carbocycles. The second-order valence-electron chi connectivity index (χ2n) is 5.11. The highest BCUT2D eigenvalue weighted by atomic mass is 79.9. The smallest absolute Gasteiger partial charge is 0.141 e. The predicted molar refractivity (Wildman–Crippen MR) is 83.1 cm³/mol. The summed E-state index contributed by atoms with van der Waals surface area (Å²) in [6, 6.07) is 11.8. The summed E-state index contributed by atoms with van der Waals surface area (Å²) in [5.41, 5.74) is 2.07. The lowest BCUT2D eigenvalue weighted by Gasteiger charge is -2.21. The number of pyridine rings is 1. The zero-order valence-corrected chi connectivity index (χ0v) is 13.2. The Hall–Kier alpha value is -1.26. The van der Waals surface area contributed by atoms with E-state index < -0.39 is 0 Å². The van der Waals surface area contributed by atoms with Gasteiger partial charge in [0, 0.05) is 10.5 Å². The van der Waals surface area contributed by atoms with Crippen molar-refractivity contribution in [1.82, 2.24) is 10.3 Å². The van der Waals surface area contributed by atoms with Crippen LogP contribution in [0.1, 0.15) is 31.1 Å². The van der Waals surface area contributed by atoms with Crippen molar-refractivity contribution in [2.24, 2.45) is 0 Å². The SMILES string of the molecule is CC(C)NC(Cc1cccc(Br)c1)c1ccc(F)cn1. The summed E-state index contributed by atoms with van der Waals surface area (Å²) in [7, 11) is 0. The molecule has 20 heavy (non-hydrogen) atoms. The van der Waals surface area contributed by atoms with Gasteiger partial charge >= 0.3 is 0 Å². The first-order valence-electron chi connectivity index (χ1n) is 6.66. The maximum atomic E-state index is 13.0. The van der Waals surface area contributed by atoms with E-state index in [1.165, 1.54) is 17.8 Å². The fourth-order valence-corrected chi connectivity index (χ4v) is 2.59. The molecule has 1 atom stereocenters. The van der Waals surface area contributed by atoms with Crippen LogP contribution in [0.4, 0.5) is 4.39 Å². The van der Waals surface area contributed by atoms with E-state index in [4.69, 9.17) is 0 Å². The van der Waals surface area contributed by atoms with Crippen LogP contribution < -0.4 is 5.32 Å². The van der Waals surface area contributed by atoms with Gasteiger partial charge in [-0.25, -0.2) is 4.39 Å². The van der Waals surface area contributed by atoms with Crippen molar-refractivity contribution in [3.63, 3.8) is 0 Å². The third-order valence-corrected chi connectivity index (χ3v) is 3.46. The fraction of sp³-hybridized carbons (Fsp3) is 0.312. The Bertz CT molecular complexity index is 555. The predicted octanol–water partition coefficient (Wildman–Crippen LogP) is 4.27. The van der Waals surface area contributed by atoms with Gasteiger partial charge in [-0.3, -0.25) is 4.98 Å². The highest BCUT2D eigenvalue weighted by Gasteiger charge is 2.15. The van der Waals surface area contributed by atoms with Crippen molar-refractivity contribution in [3.05, 3.63) is 64.1 Å². The molecule has 1 aromatic heterocycles. The quantitative estimate of drug-likeness (QED) is 0.882. The van der Waals surface area contributed by atoms with E-state index in [9.17, 15) is 4.39 Å². The summed E-state index contributed by atoms with van der Waals surface area (Å²) in [5.74, 6) is -0.306. The van der Waals surface area contributed by atoms with Crippen molar-refractivity contribution < 1.29 is 4.39 Å². The molecule has 1 aromatic carbocycles. The van der Waals surface area contributed by atoms with E-state index in [0.29, 0.717) is 6.04 Å². The molecule has 0 spiro atoms. The number of hydrogen-bond donors (Lipinski definition) is 1. The number of hydrogen-bond acceptors (Lipinski definition) is 2. The Morgan fingerprint density at radius 2 is 2.05 bits per heavy atom. The lowest BCUT2D eigenvalue weighted by atomic mass is 10.0. The van der Waals surface area contributed by atoms with Crippen molar-refractivity contribution >= 4 is 15.9 Å². The van der Waals surface area contributed by atoms with E-state index in [1.54, 1.807) is 6.07 Å². The second kappa shape index (κ2) is 6.95. The topological polar surface area (TPSA) is 24.9 Å². The molecule has 106 valence electrons. The number of nitrogens with one attached hydrogen (secondary N) is 1. The lowest BCUT2D eigenvalue weighted by molar-refractivity contribution is 0.464. The van der Waals surface area contributed by atoms with Gasteiger partial charge in [-0.05, 0) is 36.2 Å². The van der Waals surface area contributed by atoms with Gasteiger partial charge < -0.3 is 5.32 Å². The minimum atomic E-state index is -0.306. The molecular weight excluding hydrogens is 319 g/mol. The van der Waals surface area contributed by atoms with E-state index in [0.717, 1.165) is 16.6 Å². The van der Waals surface area contributed by atoms with Crippen LogP contribution in [0.25, 0.3) is 0 Å². The van der Waals surface area contributed by atoms with Crippen molar-refractivity contribution in [3.8, 4) is 0 Å². The van der Waals surface area contributed by atoms with E-state index in [2.05, 4.69) is 52.2 Å². The van der Waals surface area contributed by atoms with Gasteiger partial charge in [0.05, 0.1) is 17.9 Å². The molecule has 2 rings (SSSR count). The number of nitrogens with zero attached hydrogens (tertiary/aromatic N) is 1. The molecule has 0 bridgehead atoms. The number of benzene rings is 1. The number of rotatable bonds is 5. The molecule has 0 radical (unpaired) electrons. The van der Waals surface area contributed by atoms with Crippen LogP contribution in [0, 0.1) is 5.82 Å². The largest absolute Gasteiger partial charge is 0.306 e. The Labute approximate surface area is 127 Å². The van der Waals surface area contributed by atoms with Gasteiger partial charge in [-0.2, -0.15) is 0 Å². The molecule has 1 unspecified atom stereocenters. The first kappa shape index (κ1) is 15.1. The van der Waals surface area contributed by atoms with E-state index in [1.807, 2.05) is 12.1 Å². The summed E-state index contributed by atoms with van der Waals surface area (Å²) in [6.07, 6.45) is 2.08. The normalized spacial score (nSPS) is 12.7. The van der Waals surface area contributed by atoms with Crippen LogP contribution in [0.2, 0.25) is 0 Å². The minimum Gasteiger partial charge on any atom is -0.306 e. The minimum absolute atomic E-state index is 0.0740. The van der Waals surface area contributed by atoms with E-state index >= 15 is 0 Å². The van der Waals surface area contributed by atoms with Crippen LogP contribution >= 0.6 is 15.9 Å². The van der Waals surface area contributed by atoms with Crippen molar-refractivity contribution in [2.75, 3.05) is 0 Å². The molecule has 2 nitrogen and oxygen atoms in total. The molecule has 0 fully saturated rings. The maximum absolute atomic E-state index is 13.0. The molecule has 0 saturated carbocycles. The average molecular weight is 337 g/mol. The van der Waals surface area contributed by atoms with Crippen LogP contribution in [-0.4, -0.2) is 11.0 Å². The monoisotopic (exact) mass is 336 g/mol. The van der Waals surface area contributed by atoms with Gasteiger partial charge in [0.25, 0.3) is 0 Å². The van der Waals surface area contributed by atoms with Crippen molar-refractivity contribution in [1.29, 1.82) is 0 Å². The summed E-state index contributed by atoms with van der Waals surface area (Å²) >= 11 is 3.48. The summed E-state index contributed by atoms with van der Waals surface area (Å²) in [6.45, 7) is 4.19. The Kier molecular flexibility index (Phi) is 5.26. The summed E-state index contributed by atoms with van der Waals surface area (Å²) in [5, 5.41) is 3.48. The zero-order chi connectivity index (χ0) is 14.5. The maximum Gasteiger partial charge on any atom is 0.141 e. The fourth-order valence-electron chi connectivity index (χ4n) is 2.14. The molecule has 2 aromatic rings. The molecule has 4 heteroatoms. The highest BCUT2D eigenvalue weighted by molar-refractivity contribution is 9.10. The molecule has 1 N–H and O–H groups in total. The number of aromatic nitrogens is 1. The lowest BCUT2D eigenvalue weighted by Crippen LogP contribution is -2.30. The molecular formula is C16H18BrFN2. The van der Waals surface area contributed by atoms with Gasteiger partial charge in [0.15, 0.2) is 0 Å². The average Bonchev–Trinajstić information content (AvgIpc) is 2.38. The third-order valence-electron chi connectivity index (χ3n) is 2.97. The highest BCUT2D eigenvalue weighted by Crippen LogP contribution is 2.20. The van der Waals surface area contributed by atoms with Crippen LogP contribution in [-0.2, 0) is 6.42 Å². The first-order chi connectivity index (χ1) is 9.54. The number of halogens is 2. The van der Waals surface area contributed by atoms with Gasteiger partial charge in [0.2, 0.25) is 0 Å². The Morgan fingerprint density at radius 3 is 2.65 bits per heavy atom. The van der Waals surface area contributed by atoms with E-state index in [-0.39, 0.29) is 11.9 Å². The van der Waals surface area contributed by atoms with Gasteiger partial charge in [0.1, 0.15) is 5.82 Å². The standard InChI is InChI=1S/C16H18BrFN2/c1-11(2)20-16(15-7-6-14(18)10-19-15)9-12-4-3-5-13(17)8-12/h3-8,10-11,16,20H,9H2,1-2H3. The Balaban J connectivity index is 2.21. The Morgan fingerprint density at radius 1 is 1.25 bits per heavy atom.